The highest BCUT2D eigenvalue weighted by Crippen LogP contribution is 2.07. The average molecular weight is 208 g/mol. The monoisotopic (exact) mass is 208 g/mol. The molecule has 0 bridgehead atoms. The zero-order valence-corrected chi connectivity index (χ0v) is 9.08. The molecule has 82 valence electrons. The van der Waals surface area contributed by atoms with Gasteiger partial charge >= 0.3 is 6.01 Å². The molecule has 5 nitrogen and oxygen atoms in total. The molecule has 1 aromatic rings. The van der Waals surface area contributed by atoms with Crippen LogP contribution < -0.4 is 10.5 Å². The van der Waals surface area contributed by atoms with Crippen LogP contribution in [0.2, 0.25) is 0 Å². The molecule has 0 aliphatic carbocycles. The molecule has 3 N–H and O–H groups in total. The van der Waals surface area contributed by atoms with Crippen LogP contribution in [0.25, 0.3) is 0 Å². The predicted molar refractivity (Wildman–Crippen MR) is 58.2 cm³/mol. The Balaban J connectivity index is 2.75. The molecular weight excluding hydrogens is 192 g/mol. The van der Waals surface area contributed by atoms with Crippen molar-refractivity contribution in [3.63, 3.8) is 0 Å². The molecule has 15 heavy (non-hydrogen) atoms. The molecule has 0 saturated heterocycles. The van der Waals surface area contributed by atoms with Gasteiger partial charge in [0.15, 0.2) is 0 Å². The van der Waals surface area contributed by atoms with Crippen molar-refractivity contribution in [2.45, 2.75) is 26.7 Å². The van der Waals surface area contributed by atoms with Crippen LogP contribution in [0.3, 0.4) is 0 Å². The quantitative estimate of drug-likeness (QED) is 0.433. The molecule has 0 fully saturated rings. The van der Waals surface area contributed by atoms with Crippen LogP contribution in [0, 0.1) is 12.3 Å². The number of nitrogen functional groups attached to an aromatic ring is 1. The fourth-order valence-corrected chi connectivity index (χ4v) is 1.05. The molecule has 0 aliphatic heterocycles. The Morgan fingerprint density at radius 3 is 2.87 bits per heavy atom. The van der Waals surface area contributed by atoms with E-state index in [9.17, 15) is 0 Å². The zero-order chi connectivity index (χ0) is 11.3. The molecule has 0 radical (unpaired) electrons. The zero-order valence-electron chi connectivity index (χ0n) is 9.08. The van der Waals surface area contributed by atoms with Crippen LogP contribution in [-0.4, -0.2) is 22.4 Å². The van der Waals surface area contributed by atoms with Gasteiger partial charge < -0.3 is 10.5 Å². The number of aromatic nitrogens is 2. The maximum Gasteiger partial charge on any atom is 0.317 e. The highest BCUT2D eigenvalue weighted by Gasteiger charge is 2.04. The maximum absolute atomic E-state index is 7.27. The van der Waals surface area contributed by atoms with Gasteiger partial charge in [-0.15, -0.1) is 0 Å². The second-order valence-corrected chi connectivity index (χ2v) is 3.29. The lowest BCUT2D eigenvalue weighted by Gasteiger charge is -2.05. The van der Waals surface area contributed by atoms with Gasteiger partial charge in [0.2, 0.25) is 0 Å². The summed E-state index contributed by atoms with van der Waals surface area (Å²) in [6.45, 7) is 4.50. The molecular formula is C10H16N4O. The van der Waals surface area contributed by atoms with Gasteiger partial charge in [0.05, 0.1) is 6.61 Å². The molecule has 0 unspecified atom stereocenters. The lowest BCUT2D eigenvalue weighted by molar-refractivity contribution is 0.284. The van der Waals surface area contributed by atoms with Crippen LogP contribution in [0.15, 0.2) is 6.07 Å². The molecule has 0 aliphatic rings. The van der Waals surface area contributed by atoms with E-state index in [1.807, 2.05) is 6.92 Å². The number of amidine groups is 1. The molecule has 1 rings (SSSR count). The lowest BCUT2D eigenvalue weighted by atomic mass is 10.3. The average Bonchev–Trinajstić information content (AvgIpc) is 2.17. The van der Waals surface area contributed by atoms with E-state index >= 15 is 0 Å². The smallest absolute Gasteiger partial charge is 0.317 e. The first-order chi connectivity index (χ1) is 7.13. The van der Waals surface area contributed by atoms with E-state index < -0.39 is 0 Å². The van der Waals surface area contributed by atoms with Crippen molar-refractivity contribution in [2.75, 3.05) is 6.61 Å². The van der Waals surface area contributed by atoms with Gasteiger partial charge in [-0.1, -0.05) is 13.3 Å². The Morgan fingerprint density at radius 1 is 1.53 bits per heavy atom. The summed E-state index contributed by atoms with van der Waals surface area (Å²) < 4.78 is 5.34. The number of nitrogens with one attached hydrogen (secondary N) is 1. The molecule has 0 amide bonds. The number of unbranched alkanes of at least 4 members (excludes halogenated alkanes) is 1. The first kappa shape index (κ1) is 11.4. The topological polar surface area (TPSA) is 84.9 Å². The minimum Gasteiger partial charge on any atom is -0.463 e. The van der Waals surface area contributed by atoms with Gasteiger partial charge in [-0.2, -0.15) is 4.98 Å². The van der Waals surface area contributed by atoms with E-state index in [0.29, 0.717) is 18.3 Å². The number of nitrogens with two attached hydrogens (primary N) is 1. The van der Waals surface area contributed by atoms with Crippen molar-refractivity contribution in [1.82, 2.24) is 9.97 Å². The summed E-state index contributed by atoms with van der Waals surface area (Å²) in [5.41, 5.74) is 6.51. The molecule has 1 aromatic heterocycles. The van der Waals surface area contributed by atoms with E-state index in [1.165, 1.54) is 0 Å². The molecule has 0 saturated carbocycles. The molecule has 1 heterocycles. The Labute approximate surface area is 89.2 Å². The van der Waals surface area contributed by atoms with Gasteiger partial charge in [0.25, 0.3) is 0 Å². The Hall–Kier alpha value is -1.65. The van der Waals surface area contributed by atoms with Gasteiger partial charge in [0.1, 0.15) is 11.5 Å². The number of aryl methyl sites for hydroxylation is 1. The van der Waals surface area contributed by atoms with Crippen LogP contribution in [-0.2, 0) is 0 Å². The van der Waals surface area contributed by atoms with Crippen LogP contribution >= 0.6 is 0 Å². The number of rotatable bonds is 5. The number of nitrogens with zero attached hydrogens (tertiary/aromatic N) is 2. The van der Waals surface area contributed by atoms with Crippen LogP contribution in [0.1, 0.15) is 31.2 Å². The second kappa shape index (κ2) is 5.29. The van der Waals surface area contributed by atoms with Gasteiger partial charge in [-0.25, -0.2) is 4.98 Å². The van der Waals surface area contributed by atoms with Gasteiger partial charge in [0, 0.05) is 5.69 Å². The minimum atomic E-state index is -0.0687. The predicted octanol–water partition coefficient (Wildman–Crippen LogP) is 1.25. The molecule has 0 spiro atoms. The van der Waals surface area contributed by atoms with Crippen LogP contribution in [0.5, 0.6) is 6.01 Å². The number of hydrogen-bond donors (Lipinski definition) is 2. The largest absolute Gasteiger partial charge is 0.463 e. The van der Waals surface area contributed by atoms with Gasteiger partial charge in [-0.3, -0.25) is 5.41 Å². The van der Waals surface area contributed by atoms with E-state index in [-0.39, 0.29) is 5.84 Å². The highest BCUT2D eigenvalue weighted by atomic mass is 16.5. The third-order valence-corrected chi connectivity index (χ3v) is 1.84. The van der Waals surface area contributed by atoms with Crippen molar-refractivity contribution in [1.29, 1.82) is 5.41 Å². The van der Waals surface area contributed by atoms with Crippen molar-refractivity contribution < 1.29 is 4.74 Å². The third-order valence-electron chi connectivity index (χ3n) is 1.84. The van der Waals surface area contributed by atoms with Gasteiger partial charge in [-0.05, 0) is 19.4 Å². The van der Waals surface area contributed by atoms with E-state index in [2.05, 4.69) is 16.9 Å². The molecule has 5 heteroatoms. The second-order valence-electron chi connectivity index (χ2n) is 3.29. The van der Waals surface area contributed by atoms with E-state index in [1.54, 1.807) is 6.07 Å². The molecule has 0 aromatic carbocycles. The maximum atomic E-state index is 7.27. The number of hydrogen-bond acceptors (Lipinski definition) is 4. The third kappa shape index (κ3) is 3.53. The Bertz CT molecular complexity index is 351. The summed E-state index contributed by atoms with van der Waals surface area (Å²) in [5.74, 6) is -0.0687. The van der Waals surface area contributed by atoms with Crippen LogP contribution in [0.4, 0.5) is 0 Å². The summed E-state index contributed by atoms with van der Waals surface area (Å²) >= 11 is 0. The summed E-state index contributed by atoms with van der Waals surface area (Å²) in [4.78, 5) is 8.12. The fraction of sp³-hybridized carbons (Fsp3) is 0.500. The van der Waals surface area contributed by atoms with Crippen molar-refractivity contribution >= 4 is 5.84 Å². The SMILES string of the molecule is CCCCOc1nc(C)cc(C(=N)N)n1. The van der Waals surface area contributed by atoms with Crippen molar-refractivity contribution in [3.05, 3.63) is 17.5 Å². The summed E-state index contributed by atoms with van der Waals surface area (Å²) in [6, 6.07) is 1.96. The normalized spacial score (nSPS) is 10.0. The van der Waals surface area contributed by atoms with E-state index in [4.69, 9.17) is 15.9 Å². The highest BCUT2D eigenvalue weighted by molar-refractivity contribution is 5.93. The molecule has 0 atom stereocenters. The minimum absolute atomic E-state index is 0.0687. The van der Waals surface area contributed by atoms with Crippen molar-refractivity contribution in [2.24, 2.45) is 5.73 Å². The number of ether oxygens (including phenoxy) is 1. The Morgan fingerprint density at radius 2 is 2.27 bits per heavy atom. The fourth-order valence-electron chi connectivity index (χ4n) is 1.05. The first-order valence-corrected chi connectivity index (χ1v) is 4.96. The summed E-state index contributed by atoms with van der Waals surface area (Å²) in [6.07, 6.45) is 2.03. The lowest BCUT2D eigenvalue weighted by Crippen LogP contribution is -2.15. The Kier molecular flexibility index (Phi) is 4.03. The van der Waals surface area contributed by atoms with E-state index in [0.717, 1.165) is 18.5 Å². The van der Waals surface area contributed by atoms with Crippen molar-refractivity contribution in [3.8, 4) is 6.01 Å². The first-order valence-electron chi connectivity index (χ1n) is 4.96. The summed E-state index contributed by atoms with van der Waals surface area (Å²) in [7, 11) is 0. The standard InChI is InChI=1S/C10H16N4O/c1-3-4-5-15-10-13-7(2)6-8(14-10)9(11)12/h6H,3-5H2,1-2H3,(H3,11,12). The summed E-state index contributed by atoms with van der Waals surface area (Å²) in [5, 5.41) is 7.27.